The van der Waals surface area contributed by atoms with E-state index in [2.05, 4.69) is 12.2 Å². The van der Waals surface area contributed by atoms with E-state index in [1.807, 2.05) is 6.92 Å². The summed E-state index contributed by atoms with van der Waals surface area (Å²) in [6.45, 7) is 4.07. The van der Waals surface area contributed by atoms with Crippen LogP contribution in [-0.4, -0.2) is 6.04 Å². The van der Waals surface area contributed by atoms with Gasteiger partial charge in [-0.2, -0.15) is 0 Å². The normalized spacial score (nSPS) is 12.6. The van der Waals surface area contributed by atoms with E-state index in [0.717, 1.165) is 18.9 Å². The van der Waals surface area contributed by atoms with Gasteiger partial charge in [0.05, 0.1) is 0 Å². The summed E-state index contributed by atoms with van der Waals surface area (Å²) < 4.78 is 25.6. The number of rotatable bonds is 4. The first-order valence-corrected chi connectivity index (χ1v) is 4.84. The second-order valence-electron chi connectivity index (χ2n) is 3.49. The van der Waals surface area contributed by atoms with Crippen LogP contribution < -0.4 is 5.32 Å². The number of hydrogen-bond acceptors (Lipinski definition) is 1. The maximum Gasteiger partial charge on any atom is 0.128 e. The van der Waals surface area contributed by atoms with Crippen LogP contribution in [0.2, 0.25) is 0 Å². The molecule has 0 spiro atoms. The summed E-state index contributed by atoms with van der Waals surface area (Å²) >= 11 is 0. The number of nitrogens with one attached hydrogen (secondary N) is 1. The molecule has 0 saturated carbocycles. The Hall–Kier alpha value is -1.12. The highest BCUT2D eigenvalue weighted by Gasteiger charge is 2.03. The lowest BCUT2D eigenvalue weighted by molar-refractivity contribution is 0.583. The third-order valence-corrected chi connectivity index (χ3v) is 2.00. The number of anilines is 1. The average molecular weight is 199 g/mol. The summed E-state index contributed by atoms with van der Waals surface area (Å²) in [5, 5.41) is 3.04. The van der Waals surface area contributed by atoms with Crippen LogP contribution in [0.15, 0.2) is 18.2 Å². The third-order valence-electron chi connectivity index (χ3n) is 2.00. The van der Waals surface area contributed by atoms with Crippen molar-refractivity contribution in [2.75, 3.05) is 5.32 Å². The van der Waals surface area contributed by atoms with E-state index >= 15 is 0 Å². The lowest BCUT2D eigenvalue weighted by Crippen LogP contribution is -2.14. The summed E-state index contributed by atoms with van der Waals surface area (Å²) in [4.78, 5) is 0. The van der Waals surface area contributed by atoms with E-state index in [-0.39, 0.29) is 6.04 Å². The molecule has 1 nitrogen and oxygen atoms in total. The van der Waals surface area contributed by atoms with Gasteiger partial charge in [0.25, 0.3) is 0 Å². The fourth-order valence-electron chi connectivity index (χ4n) is 1.43. The molecule has 0 saturated heterocycles. The van der Waals surface area contributed by atoms with Crippen molar-refractivity contribution in [1.29, 1.82) is 0 Å². The topological polar surface area (TPSA) is 12.0 Å². The van der Waals surface area contributed by atoms with Crippen LogP contribution >= 0.6 is 0 Å². The van der Waals surface area contributed by atoms with Crippen molar-refractivity contribution in [3.8, 4) is 0 Å². The zero-order valence-electron chi connectivity index (χ0n) is 8.48. The molecule has 3 heteroatoms. The predicted octanol–water partition coefficient (Wildman–Crippen LogP) is 3.57. The third kappa shape index (κ3) is 3.32. The molecule has 0 heterocycles. The standard InChI is InChI=1S/C11H15F2N/c1-3-4-8(2)14-11-6-9(12)5-10(13)7-11/h5-8,14H,3-4H2,1-2H3/t8-/m1/s1. The monoisotopic (exact) mass is 199 g/mol. The summed E-state index contributed by atoms with van der Waals surface area (Å²) in [5.41, 5.74) is 0.503. The molecular weight excluding hydrogens is 184 g/mol. The fraction of sp³-hybridized carbons (Fsp3) is 0.455. The smallest absolute Gasteiger partial charge is 0.128 e. The summed E-state index contributed by atoms with van der Waals surface area (Å²) in [6, 6.07) is 3.71. The van der Waals surface area contributed by atoms with Crippen LogP contribution in [0.4, 0.5) is 14.5 Å². The Labute approximate surface area is 83.1 Å². The van der Waals surface area contributed by atoms with Crippen LogP contribution in [-0.2, 0) is 0 Å². The van der Waals surface area contributed by atoms with Crippen molar-refractivity contribution in [2.45, 2.75) is 32.7 Å². The Morgan fingerprint density at radius 2 is 1.79 bits per heavy atom. The van der Waals surface area contributed by atoms with E-state index in [9.17, 15) is 8.78 Å². The molecule has 1 N–H and O–H groups in total. The molecule has 1 rings (SSSR count). The molecule has 1 aromatic carbocycles. The Bertz CT molecular complexity index is 279. The second-order valence-corrected chi connectivity index (χ2v) is 3.49. The van der Waals surface area contributed by atoms with E-state index in [1.54, 1.807) is 0 Å². The largest absolute Gasteiger partial charge is 0.382 e. The molecule has 0 aliphatic rings. The van der Waals surface area contributed by atoms with Gasteiger partial charge in [0.1, 0.15) is 11.6 Å². The average Bonchev–Trinajstić information content (AvgIpc) is 2.01. The minimum Gasteiger partial charge on any atom is -0.382 e. The lowest BCUT2D eigenvalue weighted by Gasteiger charge is -2.14. The molecule has 0 unspecified atom stereocenters. The van der Waals surface area contributed by atoms with Crippen molar-refractivity contribution in [1.82, 2.24) is 0 Å². The van der Waals surface area contributed by atoms with E-state index < -0.39 is 11.6 Å². The molecule has 1 aromatic rings. The highest BCUT2D eigenvalue weighted by Crippen LogP contribution is 2.14. The fourth-order valence-corrected chi connectivity index (χ4v) is 1.43. The quantitative estimate of drug-likeness (QED) is 0.781. The minimum absolute atomic E-state index is 0.237. The number of hydrogen-bond donors (Lipinski definition) is 1. The first kappa shape index (κ1) is 11.0. The first-order valence-electron chi connectivity index (χ1n) is 4.84. The maximum atomic E-state index is 12.8. The SMILES string of the molecule is CCC[C@@H](C)Nc1cc(F)cc(F)c1. The van der Waals surface area contributed by atoms with Crippen LogP contribution in [0.1, 0.15) is 26.7 Å². The molecule has 14 heavy (non-hydrogen) atoms. The molecule has 0 aliphatic carbocycles. The molecular formula is C11H15F2N. The van der Waals surface area contributed by atoms with Crippen molar-refractivity contribution < 1.29 is 8.78 Å². The molecule has 0 aliphatic heterocycles. The molecule has 0 bridgehead atoms. The van der Waals surface area contributed by atoms with Gasteiger partial charge in [-0.05, 0) is 25.5 Å². The van der Waals surface area contributed by atoms with Crippen molar-refractivity contribution in [3.63, 3.8) is 0 Å². The Kier molecular flexibility index (Phi) is 3.86. The van der Waals surface area contributed by atoms with Crippen LogP contribution in [0.5, 0.6) is 0 Å². The van der Waals surface area contributed by atoms with Crippen LogP contribution in [0.25, 0.3) is 0 Å². The number of halogens is 2. The van der Waals surface area contributed by atoms with Gasteiger partial charge in [0.2, 0.25) is 0 Å². The van der Waals surface area contributed by atoms with Gasteiger partial charge in [-0.15, -0.1) is 0 Å². The van der Waals surface area contributed by atoms with Gasteiger partial charge < -0.3 is 5.32 Å². The minimum atomic E-state index is -0.545. The Morgan fingerprint density at radius 3 is 2.29 bits per heavy atom. The molecule has 0 aromatic heterocycles. The van der Waals surface area contributed by atoms with Gasteiger partial charge in [0, 0.05) is 17.8 Å². The van der Waals surface area contributed by atoms with E-state index in [1.165, 1.54) is 12.1 Å². The van der Waals surface area contributed by atoms with Gasteiger partial charge in [-0.25, -0.2) is 8.78 Å². The van der Waals surface area contributed by atoms with Crippen LogP contribution in [0.3, 0.4) is 0 Å². The number of benzene rings is 1. The summed E-state index contributed by atoms with van der Waals surface area (Å²) in [5.74, 6) is -1.09. The first-order chi connectivity index (χ1) is 6.61. The summed E-state index contributed by atoms with van der Waals surface area (Å²) in [6.07, 6.45) is 2.03. The molecule has 0 radical (unpaired) electrons. The Morgan fingerprint density at radius 1 is 1.21 bits per heavy atom. The molecule has 0 fully saturated rings. The van der Waals surface area contributed by atoms with E-state index in [0.29, 0.717) is 5.69 Å². The highest BCUT2D eigenvalue weighted by atomic mass is 19.1. The lowest BCUT2D eigenvalue weighted by atomic mass is 10.2. The van der Waals surface area contributed by atoms with Crippen molar-refractivity contribution >= 4 is 5.69 Å². The van der Waals surface area contributed by atoms with Crippen molar-refractivity contribution in [3.05, 3.63) is 29.8 Å². The Balaban J connectivity index is 2.66. The van der Waals surface area contributed by atoms with Crippen LogP contribution in [0, 0.1) is 11.6 Å². The summed E-state index contributed by atoms with van der Waals surface area (Å²) in [7, 11) is 0. The van der Waals surface area contributed by atoms with Gasteiger partial charge in [0.15, 0.2) is 0 Å². The zero-order chi connectivity index (χ0) is 10.6. The second kappa shape index (κ2) is 4.94. The zero-order valence-corrected chi connectivity index (χ0v) is 8.48. The molecule has 1 atom stereocenters. The predicted molar refractivity (Wildman–Crippen MR) is 54.4 cm³/mol. The van der Waals surface area contributed by atoms with Gasteiger partial charge in [-0.3, -0.25) is 0 Å². The van der Waals surface area contributed by atoms with E-state index in [4.69, 9.17) is 0 Å². The maximum absolute atomic E-state index is 12.8. The molecule has 78 valence electrons. The molecule has 0 amide bonds. The van der Waals surface area contributed by atoms with Gasteiger partial charge >= 0.3 is 0 Å². The van der Waals surface area contributed by atoms with Crippen molar-refractivity contribution in [2.24, 2.45) is 0 Å². The van der Waals surface area contributed by atoms with Gasteiger partial charge in [-0.1, -0.05) is 13.3 Å². The highest BCUT2D eigenvalue weighted by molar-refractivity contribution is 5.44.